The fourth-order valence-corrected chi connectivity index (χ4v) is 2.87. The van der Waals surface area contributed by atoms with Gasteiger partial charge in [0.15, 0.2) is 0 Å². The van der Waals surface area contributed by atoms with Crippen LogP contribution in [0.4, 0.5) is 10.1 Å². The minimum absolute atomic E-state index is 0.0447. The molecule has 1 fully saturated rings. The highest BCUT2D eigenvalue weighted by Gasteiger charge is 2.25. The van der Waals surface area contributed by atoms with E-state index in [1.807, 2.05) is 13.0 Å². The first-order chi connectivity index (χ1) is 8.99. The summed E-state index contributed by atoms with van der Waals surface area (Å²) >= 11 is 0. The van der Waals surface area contributed by atoms with Gasteiger partial charge in [-0.15, -0.1) is 0 Å². The van der Waals surface area contributed by atoms with Crippen LogP contribution in [0.5, 0.6) is 0 Å². The van der Waals surface area contributed by atoms with Crippen molar-refractivity contribution in [1.29, 1.82) is 0 Å². The van der Waals surface area contributed by atoms with Crippen LogP contribution in [0.25, 0.3) is 0 Å². The van der Waals surface area contributed by atoms with Gasteiger partial charge in [-0.05, 0) is 38.9 Å². The Balaban J connectivity index is 2.32. The summed E-state index contributed by atoms with van der Waals surface area (Å²) in [5.41, 5.74) is 7.65. The van der Waals surface area contributed by atoms with E-state index in [0.717, 1.165) is 30.9 Å². The molecule has 4 heteroatoms. The fourth-order valence-electron chi connectivity index (χ4n) is 2.87. The first kappa shape index (κ1) is 14.3. The van der Waals surface area contributed by atoms with E-state index in [0.29, 0.717) is 12.5 Å². The Hall–Kier alpha value is -1.13. The Morgan fingerprint density at radius 3 is 2.79 bits per heavy atom. The second-order valence-electron chi connectivity index (χ2n) is 5.73. The second-order valence-corrected chi connectivity index (χ2v) is 5.73. The van der Waals surface area contributed by atoms with Gasteiger partial charge in [0, 0.05) is 31.7 Å². The van der Waals surface area contributed by atoms with Crippen LogP contribution in [-0.4, -0.2) is 43.7 Å². The average molecular weight is 265 g/mol. The van der Waals surface area contributed by atoms with Crippen LogP contribution < -0.4 is 10.6 Å². The van der Waals surface area contributed by atoms with E-state index in [1.54, 1.807) is 12.1 Å². The summed E-state index contributed by atoms with van der Waals surface area (Å²) in [6.07, 6.45) is 0.714. The van der Waals surface area contributed by atoms with Gasteiger partial charge in [-0.3, -0.25) is 0 Å². The number of halogens is 1. The molecule has 0 radical (unpaired) electrons. The van der Waals surface area contributed by atoms with Crippen LogP contribution >= 0.6 is 0 Å². The van der Waals surface area contributed by atoms with Gasteiger partial charge in [0.1, 0.15) is 5.82 Å². The molecular formula is C15H24FN3. The molecule has 1 saturated heterocycles. The summed E-state index contributed by atoms with van der Waals surface area (Å²) in [6.45, 7) is 6.91. The van der Waals surface area contributed by atoms with Crippen molar-refractivity contribution in [1.82, 2.24) is 4.90 Å². The highest BCUT2D eigenvalue weighted by molar-refractivity contribution is 5.56. The largest absolute Gasteiger partial charge is 0.364 e. The van der Waals surface area contributed by atoms with E-state index in [-0.39, 0.29) is 11.9 Å². The van der Waals surface area contributed by atoms with E-state index in [4.69, 9.17) is 5.73 Å². The van der Waals surface area contributed by atoms with Crippen LogP contribution in [0.3, 0.4) is 0 Å². The molecule has 2 rings (SSSR count). The number of nitrogens with zero attached hydrogens (tertiary/aromatic N) is 2. The summed E-state index contributed by atoms with van der Waals surface area (Å²) in [7, 11) is 2.11. The molecule has 106 valence electrons. The number of piperazine rings is 1. The van der Waals surface area contributed by atoms with E-state index < -0.39 is 0 Å². The lowest BCUT2D eigenvalue weighted by molar-refractivity contribution is 0.274. The third-order valence-electron chi connectivity index (χ3n) is 3.73. The SMILES string of the molecule is CC(N)Cc1cccc(F)c1N1CCN(C)CC1C. The quantitative estimate of drug-likeness (QED) is 0.905. The van der Waals surface area contributed by atoms with Gasteiger partial charge in [0.2, 0.25) is 0 Å². The van der Waals surface area contributed by atoms with Crippen molar-refractivity contribution >= 4 is 5.69 Å². The smallest absolute Gasteiger partial charge is 0.146 e. The molecule has 0 saturated carbocycles. The highest BCUT2D eigenvalue weighted by Crippen LogP contribution is 2.28. The molecule has 2 unspecified atom stereocenters. The van der Waals surface area contributed by atoms with Gasteiger partial charge < -0.3 is 15.5 Å². The van der Waals surface area contributed by atoms with E-state index in [1.165, 1.54) is 0 Å². The highest BCUT2D eigenvalue weighted by atomic mass is 19.1. The standard InChI is InChI=1S/C15H24FN3/c1-11(17)9-13-5-4-6-14(16)15(13)19-8-7-18(3)10-12(19)2/h4-6,11-12H,7-10,17H2,1-3H3. The van der Waals surface area contributed by atoms with Crippen molar-refractivity contribution in [2.45, 2.75) is 32.4 Å². The van der Waals surface area contributed by atoms with Crippen LogP contribution in [0, 0.1) is 5.82 Å². The molecule has 2 N–H and O–H groups in total. The number of rotatable bonds is 3. The lowest BCUT2D eigenvalue weighted by atomic mass is 10.0. The Bertz CT molecular complexity index is 433. The molecule has 0 aromatic heterocycles. The van der Waals surface area contributed by atoms with Crippen molar-refractivity contribution in [2.24, 2.45) is 5.73 Å². The lowest BCUT2D eigenvalue weighted by Gasteiger charge is -2.41. The Morgan fingerprint density at radius 1 is 1.42 bits per heavy atom. The van der Waals surface area contributed by atoms with Gasteiger partial charge in [-0.2, -0.15) is 0 Å². The van der Waals surface area contributed by atoms with E-state index >= 15 is 0 Å². The predicted octanol–water partition coefficient (Wildman–Crippen LogP) is 1.86. The third kappa shape index (κ3) is 3.25. The monoisotopic (exact) mass is 265 g/mol. The molecule has 1 aromatic rings. The normalized spacial score (nSPS) is 22.6. The maximum Gasteiger partial charge on any atom is 0.146 e. The zero-order valence-electron chi connectivity index (χ0n) is 12.1. The van der Waals surface area contributed by atoms with Gasteiger partial charge in [-0.25, -0.2) is 4.39 Å². The predicted molar refractivity (Wildman–Crippen MR) is 78.1 cm³/mol. The average Bonchev–Trinajstić information content (AvgIpc) is 2.30. The number of likely N-dealkylation sites (N-methyl/N-ethyl adjacent to an activating group) is 1. The van der Waals surface area contributed by atoms with Crippen molar-refractivity contribution in [3.05, 3.63) is 29.6 Å². The van der Waals surface area contributed by atoms with Crippen LogP contribution in [0.15, 0.2) is 18.2 Å². The number of anilines is 1. The molecule has 19 heavy (non-hydrogen) atoms. The molecule has 1 heterocycles. The Morgan fingerprint density at radius 2 is 2.16 bits per heavy atom. The van der Waals surface area contributed by atoms with Crippen LogP contribution in [-0.2, 0) is 6.42 Å². The number of benzene rings is 1. The van der Waals surface area contributed by atoms with Gasteiger partial charge in [-0.1, -0.05) is 12.1 Å². The minimum Gasteiger partial charge on any atom is -0.364 e. The Labute approximate surface area is 115 Å². The topological polar surface area (TPSA) is 32.5 Å². The van der Waals surface area contributed by atoms with E-state index in [2.05, 4.69) is 23.8 Å². The van der Waals surface area contributed by atoms with Crippen molar-refractivity contribution < 1.29 is 4.39 Å². The zero-order valence-corrected chi connectivity index (χ0v) is 12.1. The summed E-state index contributed by atoms with van der Waals surface area (Å²) < 4.78 is 14.3. The maximum absolute atomic E-state index is 14.3. The zero-order chi connectivity index (χ0) is 14.0. The first-order valence-corrected chi connectivity index (χ1v) is 6.97. The molecule has 1 aliphatic rings. The summed E-state index contributed by atoms with van der Waals surface area (Å²) in [4.78, 5) is 4.47. The van der Waals surface area contributed by atoms with Gasteiger partial charge in [0.05, 0.1) is 5.69 Å². The van der Waals surface area contributed by atoms with Crippen molar-refractivity contribution in [3.8, 4) is 0 Å². The fraction of sp³-hybridized carbons (Fsp3) is 0.600. The molecule has 0 bridgehead atoms. The molecule has 0 amide bonds. The minimum atomic E-state index is -0.130. The number of para-hydroxylation sites is 1. The third-order valence-corrected chi connectivity index (χ3v) is 3.73. The molecule has 1 aliphatic heterocycles. The molecular weight excluding hydrogens is 241 g/mol. The molecule has 0 spiro atoms. The van der Waals surface area contributed by atoms with Gasteiger partial charge in [0.25, 0.3) is 0 Å². The molecule has 0 aliphatic carbocycles. The van der Waals surface area contributed by atoms with Gasteiger partial charge >= 0.3 is 0 Å². The summed E-state index contributed by atoms with van der Waals surface area (Å²) in [6, 6.07) is 5.68. The maximum atomic E-state index is 14.3. The molecule has 1 aromatic carbocycles. The first-order valence-electron chi connectivity index (χ1n) is 6.97. The van der Waals surface area contributed by atoms with Crippen LogP contribution in [0.2, 0.25) is 0 Å². The molecule has 3 nitrogen and oxygen atoms in total. The van der Waals surface area contributed by atoms with E-state index in [9.17, 15) is 4.39 Å². The number of hydrogen-bond acceptors (Lipinski definition) is 3. The number of nitrogens with two attached hydrogens (primary N) is 1. The van der Waals surface area contributed by atoms with Crippen LogP contribution in [0.1, 0.15) is 19.4 Å². The summed E-state index contributed by atoms with van der Waals surface area (Å²) in [5, 5.41) is 0. The lowest BCUT2D eigenvalue weighted by Crippen LogP contribution is -2.51. The number of hydrogen-bond donors (Lipinski definition) is 1. The van der Waals surface area contributed by atoms with Crippen molar-refractivity contribution in [3.63, 3.8) is 0 Å². The van der Waals surface area contributed by atoms with Crippen molar-refractivity contribution in [2.75, 3.05) is 31.6 Å². The Kier molecular flexibility index (Phi) is 4.42. The molecule has 2 atom stereocenters. The summed E-state index contributed by atoms with van der Waals surface area (Å²) in [5.74, 6) is -0.130. The second kappa shape index (κ2) is 5.88.